The van der Waals surface area contributed by atoms with Gasteiger partial charge in [0, 0.05) is 4.90 Å². The summed E-state index contributed by atoms with van der Waals surface area (Å²) in [6, 6.07) is 6.22. The van der Waals surface area contributed by atoms with Crippen molar-refractivity contribution >= 4 is 17.7 Å². The second kappa shape index (κ2) is 7.07. The molecular weight excluding hydrogens is 282 g/mol. The molecule has 110 valence electrons. The van der Waals surface area contributed by atoms with E-state index in [2.05, 4.69) is 6.92 Å². The van der Waals surface area contributed by atoms with E-state index in [0.717, 1.165) is 25.7 Å². The minimum absolute atomic E-state index is 0.0266. The maximum absolute atomic E-state index is 12.2. The fourth-order valence-corrected chi connectivity index (χ4v) is 2.88. The Morgan fingerprint density at radius 1 is 1.20 bits per heavy atom. The molecule has 1 aromatic carbocycles. The van der Waals surface area contributed by atoms with Gasteiger partial charge in [-0.2, -0.15) is 8.78 Å². The van der Waals surface area contributed by atoms with E-state index in [1.807, 2.05) is 0 Å². The molecule has 20 heavy (non-hydrogen) atoms. The van der Waals surface area contributed by atoms with E-state index in [1.54, 1.807) is 24.3 Å². The van der Waals surface area contributed by atoms with Crippen molar-refractivity contribution in [3.05, 3.63) is 24.3 Å². The lowest BCUT2D eigenvalue weighted by Crippen LogP contribution is -2.24. The van der Waals surface area contributed by atoms with Crippen LogP contribution in [0.1, 0.15) is 32.6 Å². The van der Waals surface area contributed by atoms with Crippen LogP contribution in [-0.2, 0) is 4.79 Å². The zero-order valence-corrected chi connectivity index (χ0v) is 12.2. The van der Waals surface area contributed by atoms with Crippen LogP contribution in [0.25, 0.3) is 0 Å². The van der Waals surface area contributed by atoms with Gasteiger partial charge in [0.15, 0.2) is 0 Å². The lowest BCUT2D eigenvalue weighted by Gasteiger charge is -2.24. The molecule has 0 aromatic heterocycles. The summed E-state index contributed by atoms with van der Waals surface area (Å²) in [6.45, 7) is 2.20. The average Bonchev–Trinajstić information content (AvgIpc) is 2.41. The van der Waals surface area contributed by atoms with Crippen LogP contribution >= 0.6 is 11.8 Å². The lowest BCUT2D eigenvalue weighted by atomic mass is 9.83. The second-order valence-corrected chi connectivity index (χ2v) is 6.29. The Morgan fingerprint density at radius 2 is 1.80 bits per heavy atom. The summed E-state index contributed by atoms with van der Waals surface area (Å²) < 4.78 is 29.7. The smallest absolute Gasteiger partial charge is 0.314 e. The van der Waals surface area contributed by atoms with E-state index in [1.165, 1.54) is 0 Å². The van der Waals surface area contributed by atoms with Crippen LogP contribution in [0, 0.1) is 11.8 Å². The summed E-state index contributed by atoms with van der Waals surface area (Å²) >= 11 is 0.480. The van der Waals surface area contributed by atoms with E-state index < -0.39 is 5.76 Å². The molecule has 0 spiro atoms. The number of carbonyl (C=O) groups excluding carboxylic acids is 1. The molecule has 0 unspecified atom stereocenters. The molecule has 0 radical (unpaired) electrons. The van der Waals surface area contributed by atoms with Gasteiger partial charge in [-0.3, -0.25) is 4.79 Å². The number of hydrogen-bond acceptors (Lipinski definition) is 3. The number of rotatable bonds is 4. The van der Waals surface area contributed by atoms with Crippen LogP contribution in [0.2, 0.25) is 0 Å². The molecule has 1 saturated carbocycles. The van der Waals surface area contributed by atoms with E-state index in [9.17, 15) is 13.6 Å². The van der Waals surface area contributed by atoms with Crippen molar-refractivity contribution in [2.45, 2.75) is 43.3 Å². The highest BCUT2D eigenvalue weighted by Crippen LogP contribution is 2.30. The van der Waals surface area contributed by atoms with Gasteiger partial charge >= 0.3 is 5.97 Å². The molecule has 1 aliphatic carbocycles. The SMILES string of the molecule is CC1CCC(C(=O)Oc2ccc(SC(F)F)cc2)CC1. The quantitative estimate of drug-likeness (QED) is 0.457. The van der Waals surface area contributed by atoms with Gasteiger partial charge in [0.2, 0.25) is 0 Å². The topological polar surface area (TPSA) is 26.3 Å². The largest absolute Gasteiger partial charge is 0.426 e. The summed E-state index contributed by atoms with van der Waals surface area (Å²) in [5.74, 6) is -1.56. The van der Waals surface area contributed by atoms with Crippen molar-refractivity contribution in [1.29, 1.82) is 0 Å². The standard InChI is InChI=1S/C15H18F2O2S/c1-10-2-4-11(5-3-10)14(18)19-12-6-8-13(9-7-12)20-15(16)17/h6-11,15H,2-5H2,1H3. The average molecular weight is 300 g/mol. The van der Waals surface area contributed by atoms with Gasteiger partial charge < -0.3 is 4.74 Å². The molecular formula is C15H18F2O2S. The first kappa shape index (κ1) is 15.3. The Kier molecular flexibility index (Phi) is 5.40. The third kappa shape index (κ3) is 4.47. The number of benzene rings is 1. The molecule has 0 atom stereocenters. The fourth-order valence-electron chi connectivity index (χ4n) is 2.38. The van der Waals surface area contributed by atoms with Crippen molar-refractivity contribution in [3.63, 3.8) is 0 Å². The molecule has 1 fully saturated rings. The van der Waals surface area contributed by atoms with E-state index in [0.29, 0.717) is 28.3 Å². The number of alkyl halides is 2. The molecule has 2 nitrogen and oxygen atoms in total. The molecule has 0 aliphatic heterocycles. The van der Waals surface area contributed by atoms with Crippen molar-refractivity contribution in [3.8, 4) is 5.75 Å². The van der Waals surface area contributed by atoms with Gasteiger partial charge in [-0.15, -0.1) is 0 Å². The molecule has 0 amide bonds. The van der Waals surface area contributed by atoms with Gasteiger partial charge in [-0.25, -0.2) is 0 Å². The monoisotopic (exact) mass is 300 g/mol. The van der Waals surface area contributed by atoms with Gasteiger partial charge in [-0.05, 0) is 55.9 Å². The van der Waals surface area contributed by atoms with Crippen molar-refractivity contribution in [2.75, 3.05) is 0 Å². The number of carbonyl (C=O) groups is 1. The Morgan fingerprint density at radius 3 is 2.35 bits per heavy atom. The summed E-state index contributed by atoms with van der Waals surface area (Å²) in [5.41, 5.74) is 0. The van der Waals surface area contributed by atoms with Gasteiger partial charge in [0.05, 0.1) is 5.92 Å². The van der Waals surface area contributed by atoms with Crippen molar-refractivity contribution in [2.24, 2.45) is 11.8 Å². The van der Waals surface area contributed by atoms with Crippen LogP contribution in [0.3, 0.4) is 0 Å². The Bertz CT molecular complexity index is 440. The normalized spacial score (nSPS) is 22.8. The number of esters is 1. The molecule has 5 heteroatoms. The highest BCUT2D eigenvalue weighted by Gasteiger charge is 2.25. The molecule has 2 rings (SSSR count). The molecule has 1 aromatic rings. The molecule has 0 saturated heterocycles. The van der Waals surface area contributed by atoms with E-state index >= 15 is 0 Å². The summed E-state index contributed by atoms with van der Waals surface area (Å²) in [7, 11) is 0. The van der Waals surface area contributed by atoms with Crippen LogP contribution in [0.4, 0.5) is 8.78 Å². The Labute approximate surface area is 121 Å². The lowest BCUT2D eigenvalue weighted by molar-refractivity contribution is -0.140. The summed E-state index contributed by atoms with van der Waals surface area (Å²) in [6.07, 6.45) is 3.87. The minimum atomic E-state index is -2.44. The Balaban J connectivity index is 1.88. The first-order valence-corrected chi connectivity index (χ1v) is 7.69. The predicted molar refractivity (Wildman–Crippen MR) is 75.1 cm³/mol. The first-order chi connectivity index (χ1) is 9.54. The summed E-state index contributed by atoms with van der Waals surface area (Å²) in [4.78, 5) is 12.5. The highest BCUT2D eigenvalue weighted by atomic mass is 32.2. The van der Waals surface area contributed by atoms with Crippen LogP contribution < -0.4 is 4.74 Å². The molecule has 0 heterocycles. The third-order valence-corrected chi connectivity index (χ3v) is 4.34. The van der Waals surface area contributed by atoms with Crippen molar-refractivity contribution < 1.29 is 18.3 Å². The van der Waals surface area contributed by atoms with Crippen molar-refractivity contribution in [1.82, 2.24) is 0 Å². The van der Waals surface area contributed by atoms with Crippen LogP contribution in [-0.4, -0.2) is 11.7 Å². The number of hydrogen-bond donors (Lipinski definition) is 0. The third-order valence-electron chi connectivity index (χ3n) is 3.62. The first-order valence-electron chi connectivity index (χ1n) is 6.81. The molecule has 1 aliphatic rings. The fraction of sp³-hybridized carbons (Fsp3) is 0.533. The van der Waals surface area contributed by atoms with Gasteiger partial charge in [-0.1, -0.05) is 18.7 Å². The van der Waals surface area contributed by atoms with Crippen LogP contribution in [0.5, 0.6) is 5.75 Å². The highest BCUT2D eigenvalue weighted by molar-refractivity contribution is 7.99. The van der Waals surface area contributed by atoms with Crippen LogP contribution in [0.15, 0.2) is 29.2 Å². The second-order valence-electron chi connectivity index (χ2n) is 5.23. The minimum Gasteiger partial charge on any atom is -0.426 e. The maximum Gasteiger partial charge on any atom is 0.314 e. The number of ether oxygens (including phenoxy) is 1. The summed E-state index contributed by atoms with van der Waals surface area (Å²) in [5, 5.41) is 0. The number of halogens is 2. The number of thioether (sulfide) groups is 1. The van der Waals surface area contributed by atoms with E-state index in [4.69, 9.17) is 4.74 Å². The Hall–Kier alpha value is -1.10. The molecule has 0 N–H and O–H groups in total. The zero-order valence-electron chi connectivity index (χ0n) is 11.4. The zero-order chi connectivity index (χ0) is 14.5. The van der Waals surface area contributed by atoms with Gasteiger partial charge in [0.1, 0.15) is 5.75 Å². The van der Waals surface area contributed by atoms with Gasteiger partial charge in [0.25, 0.3) is 5.76 Å². The maximum atomic E-state index is 12.2. The van der Waals surface area contributed by atoms with E-state index in [-0.39, 0.29) is 11.9 Å². The molecule has 0 bridgehead atoms. The predicted octanol–water partition coefficient (Wildman–Crippen LogP) is 4.73.